The zero-order valence-electron chi connectivity index (χ0n) is 30.7. The molecule has 0 aromatic heterocycles. The molecule has 7 aromatic carbocycles. The number of ether oxygens (including phenoxy) is 6. The van der Waals surface area contributed by atoms with Crippen LogP contribution < -0.4 is 28.4 Å². The van der Waals surface area contributed by atoms with Crippen LogP contribution in [0.2, 0.25) is 0 Å². The Morgan fingerprint density at radius 2 is 0.911 bits per heavy atom. The van der Waals surface area contributed by atoms with Gasteiger partial charge in [-0.15, -0.1) is 0 Å². The van der Waals surface area contributed by atoms with Crippen LogP contribution in [0.5, 0.6) is 34.5 Å². The average Bonchev–Trinajstić information content (AvgIpc) is 3.23. The third kappa shape index (κ3) is 7.81. The van der Waals surface area contributed by atoms with E-state index in [2.05, 4.69) is 12.1 Å². The molecule has 8 rings (SSSR count). The minimum Gasteiger partial charge on any atom is -0.497 e. The van der Waals surface area contributed by atoms with E-state index in [1.165, 1.54) is 12.2 Å². The SMILES string of the molecule is COc1ccc(OC(=O)C=Cc2ccc3c4c(ccc3c2)OCc2ccccc2COc2ccc3cc(C=CC(=O)Oc5ccc(OC)cc5)ccc3c2-4)cc1. The molecular formula is C48H36O8. The summed E-state index contributed by atoms with van der Waals surface area (Å²) in [7, 11) is 3.16. The molecule has 0 radical (unpaired) electrons. The normalized spacial score (nSPS) is 12.2. The molecule has 7 aromatic rings. The first kappa shape index (κ1) is 35.7. The molecule has 276 valence electrons. The van der Waals surface area contributed by atoms with Gasteiger partial charge in [-0.3, -0.25) is 0 Å². The van der Waals surface area contributed by atoms with E-state index in [1.54, 1.807) is 74.9 Å². The third-order valence-corrected chi connectivity index (χ3v) is 9.53. The monoisotopic (exact) mass is 740 g/mol. The van der Waals surface area contributed by atoms with Gasteiger partial charge in [0.25, 0.3) is 0 Å². The van der Waals surface area contributed by atoms with Crippen LogP contribution in [0.1, 0.15) is 22.3 Å². The number of hydrogen-bond donors (Lipinski definition) is 0. The molecule has 0 aliphatic carbocycles. The first-order valence-electron chi connectivity index (χ1n) is 18.0. The van der Waals surface area contributed by atoms with Crippen molar-refractivity contribution >= 4 is 45.6 Å². The maximum Gasteiger partial charge on any atom is 0.336 e. The Morgan fingerprint density at radius 3 is 1.32 bits per heavy atom. The van der Waals surface area contributed by atoms with Crippen LogP contribution in [0, 0.1) is 0 Å². The van der Waals surface area contributed by atoms with Crippen LogP contribution >= 0.6 is 0 Å². The molecule has 0 amide bonds. The van der Waals surface area contributed by atoms with Gasteiger partial charge in [-0.1, -0.05) is 60.7 Å². The second-order valence-corrected chi connectivity index (χ2v) is 13.0. The topological polar surface area (TPSA) is 89.5 Å². The van der Waals surface area contributed by atoms with E-state index in [-0.39, 0.29) is 0 Å². The number of methoxy groups -OCH3 is 2. The second-order valence-electron chi connectivity index (χ2n) is 13.0. The smallest absolute Gasteiger partial charge is 0.336 e. The van der Waals surface area contributed by atoms with E-state index in [4.69, 9.17) is 28.4 Å². The number of carbonyl (C=O) groups excluding carboxylic acids is 2. The molecule has 8 nitrogen and oxygen atoms in total. The van der Waals surface area contributed by atoms with Crippen molar-refractivity contribution in [2.24, 2.45) is 0 Å². The molecule has 0 bridgehead atoms. The summed E-state index contributed by atoms with van der Waals surface area (Å²) < 4.78 is 34.6. The molecule has 1 heterocycles. The standard InChI is InChI=1S/C48H36O8/c1-51-37-13-17-39(18-14-37)55-45(49)25-9-31-7-21-41-33(27-31)11-23-43-47(41)48-42-22-8-32(10-26-46(50)56-40-19-15-38(52-2)16-20-40)28-34(42)12-24-44(48)54-30-36-6-4-3-5-35(36)29-53-43/h3-28H,29-30H2,1-2H3. The highest BCUT2D eigenvalue weighted by Crippen LogP contribution is 2.47. The van der Waals surface area contributed by atoms with E-state index in [0.29, 0.717) is 47.7 Å². The Morgan fingerprint density at radius 1 is 0.500 bits per heavy atom. The number of rotatable bonds is 8. The Labute approximate surface area is 323 Å². The summed E-state index contributed by atoms with van der Waals surface area (Å²) in [4.78, 5) is 25.3. The zero-order chi connectivity index (χ0) is 38.4. The van der Waals surface area contributed by atoms with E-state index in [1.807, 2.05) is 72.8 Å². The summed E-state index contributed by atoms with van der Waals surface area (Å²) in [5.41, 5.74) is 5.54. The largest absolute Gasteiger partial charge is 0.497 e. The lowest BCUT2D eigenvalue weighted by Crippen LogP contribution is -2.07. The van der Waals surface area contributed by atoms with Crippen molar-refractivity contribution in [3.05, 3.63) is 168 Å². The zero-order valence-corrected chi connectivity index (χ0v) is 30.7. The van der Waals surface area contributed by atoms with Gasteiger partial charge in [-0.05, 0) is 129 Å². The Balaban J connectivity index is 1.14. The first-order chi connectivity index (χ1) is 27.4. The summed E-state index contributed by atoms with van der Waals surface area (Å²) in [5.74, 6) is 2.65. The van der Waals surface area contributed by atoms with E-state index >= 15 is 0 Å². The molecule has 1 aliphatic rings. The number of fused-ring (bicyclic) bond motifs is 8. The first-order valence-corrected chi connectivity index (χ1v) is 18.0. The van der Waals surface area contributed by atoms with Gasteiger partial charge in [-0.25, -0.2) is 9.59 Å². The van der Waals surface area contributed by atoms with Gasteiger partial charge in [-0.2, -0.15) is 0 Å². The molecule has 0 atom stereocenters. The Hall–Kier alpha value is -7.32. The van der Waals surface area contributed by atoms with Gasteiger partial charge < -0.3 is 28.4 Å². The van der Waals surface area contributed by atoms with Gasteiger partial charge in [0, 0.05) is 23.3 Å². The molecule has 0 N–H and O–H groups in total. The predicted molar refractivity (Wildman–Crippen MR) is 217 cm³/mol. The summed E-state index contributed by atoms with van der Waals surface area (Å²) in [5, 5.41) is 3.82. The summed E-state index contributed by atoms with van der Waals surface area (Å²) >= 11 is 0. The Bertz CT molecular complexity index is 2460. The second kappa shape index (κ2) is 16.0. The van der Waals surface area contributed by atoms with Crippen molar-refractivity contribution in [1.29, 1.82) is 0 Å². The van der Waals surface area contributed by atoms with Crippen LogP contribution in [-0.2, 0) is 22.8 Å². The minimum absolute atomic E-state index is 0.372. The number of esters is 2. The lowest BCUT2D eigenvalue weighted by molar-refractivity contribution is -0.129. The molecule has 0 saturated carbocycles. The molecule has 0 saturated heterocycles. The molecule has 8 heteroatoms. The lowest BCUT2D eigenvalue weighted by Gasteiger charge is -2.22. The fourth-order valence-electron chi connectivity index (χ4n) is 6.69. The maximum absolute atomic E-state index is 12.7. The van der Waals surface area contributed by atoms with Crippen molar-refractivity contribution in [2.45, 2.75) is 13.2 Å². The van der Waals surface area contributed by atoms with Gasteiger partial charge in [0.2, 0.25) is 0 Å². The van der Waals surface area contributed by atoms with Crippen LogP contribution in [-0.4, -0.2) is 26.2 Å². The molecular weight excluding hydrogens is 705 g/mol. The highest BCUT2D eigenvalue weighted by Gasteiger charge is 2.21. The average molecular weight is 741 g/mol. The fraction of sp³-hybridized carbons (Fsp3) is 0.0833. The van der Waals surface area contributed by atoms with Crippen LogP contribution in [0.25, 0.3) is 44.8 Å². The van der Waals surface area contributed by atoms with Gasteiger partial charge in [0.1, 0.15) is 47.7 Å². The van der Waals surface area contributed by atoms with Gasteiger partial charge in [0.05, 0.1) is 14.2 Å². The van der Waals surface area contributed by atoms with Crippen molar-refractivity contribution in [3.8, 4) is 45.6 Å². The van der Waals surface area contributed by atoms with Crippen molar-refractivity contribution in [2.75, 3.05) is 14.2 Å². The predicted octanol–water partition coefficient (Wildman–Crippen LogP) is 10.4. The minimum atomic E-state index is -0.490. The van der Waals surface area contributed by atoms with Gasteiger partial charge >= 0.3 is 11.9 Å². The molecule has 0 spiro atoms. The van der Waals surface area contributed by atoms with Crippen LogP contribution in [0.15, 0.2) is 146 Å². The summed E-state index contributed by atoms with van der Waals surface area (Å²) in [6.45, 7) is 0.744. The fourth-order valence-corrected chi connectivity index (χ4v) is 6.69. The van der Waals surface area contributed by atoms with Crippen molar-refractivity contribution < 1.29 is 38.0 Å². The van der Waals surface area contributed by atoms with Gasteiger partial charge in [0.15, 0.2) is 0 Å². The molecule has 56 heavy (non-hydrogen) atoms. The number of benzene rings is 7. The number of hydrogen-bond acceptors (Lipinski definition) is 8. The quantitative estimate of drug-likeness (QED) is 0.0864. The van der Waals surface area contributed by atoms with Crippen molar-refractivity contribution in [3.63, 3.8) is 0 Å². The third-order valence-electron chi connectivity index (χ3n) is 9.53. The van der Waals surface area contributed by atoms with E-state index < -0.39 is 11.9 Å². The highest BCUT2D eigenvalue weighted by atomic mass is 16.5. The molecule has 0 fully saturated rings. The maximum atomic E-state index is 12.7. The summed E-state index contributed by atoms with van der Waals surface area (Å²) in [6.07, 6.45) is 6.29. The van der Waals surface area contributed by atoms with Crippen molar-refractivity contribution in [1.82, 2.24) is 0 Å². The highest BCUT2D eigenvalue weighted by molar-refractivity contribution is 6.10. The molecule has 1 aliphatic heterocycles. The van der Waals surface area contributed by atoms with Crippen LogP contribution in [0.3, 0.4) is 0 Å². The number of carbonyl (C=O) groups is 2. The van der Waals surface area contributed by atoms with E-state index in [0.717, 1.165) is 54.9 Å². The molecule has 0 unspecified atom stereocenters. The van der Waals surface area contributed by atoms with Crippen LogP contribution in [0.4, 0.5) is 0 Å². The van der Waals surface area contributed by atoms with E-state index in [9.17, 15) is 9.59 Å². The summed E-state index contributed by atoms with van der Waals surface area (Å²) in [6, 6.07) is 41.9. The Kier molecular flexibility index (Phi) is 10.2. The lowest BCUT2D eigenvalue weighted by atomic mass is 9.90.